The highest BCUT2D eigenvalue weighted by Gasteiger charge is 2.14. The lowest BCUT2D eigenvalue weighted by atomic mass is 9.93. The Morgan fingerprint density at radius 2 is 0.571 bits per heavy atom. The van der Waals surface area contributed by atoms with Crippen molar-refractivity contribution in [3.8, 4) is 0 Å². The number of rotatable bonds is 36. The maximum absolute atomic E-state index is 12.5. The number of aliphatic hydroxyl groups is 1. The second kappa shape index (κ2) is 41.7. The second-order valence-corrected chi connectivity index (χ2v) is 23.1. The first-order valence-electron chi connectivity index (χ1n) is 27.7. The molecule has 0 heterocycles. The average Bonchev–Trinajstić information content (AvgIpc) is 3.29. The summed E-state index contributed by atoms with van der Waals surface area (Å²) in [4.78, 5) is 46.1. The van der Waals surface area contributed by atoms with E-state index in [0.717, 1.165) is 54.8 Å². The molecule has 6 atom stereocenters. The molecular weight excluding hydrogens is 916 g/mol. The highest BCUT2D eigenvalue weighted by molar-refractivity contribution is 6.68. The third-order valence-electron chi connectivity index (χ3n) is 13.6. The summed E-state index contributed by atoms with van der Waals surface area (Å²) in [6.07, 6.45) is 26.3. The molecule has 0 spiro atoms. The normalized spacial score (nSPS) is 13.9. The van der Waals surface area contributed by atoms with Gasteiger partial charge in [-0.3, -0.25) is 9.59 Å². The maximum Gasteiger partial charge on any atom is 0.338 e. The minimum Gasteiger partial charge on any atom is -0.462 e. The molecule has 0 aromatic heterocycles. The molecule has 70 heavy (non-hydrogen) atoms. The van der Waals surface area contributed by atoms with Crippen LogP contribution < -0.4 is 0 Å². The van der Waals surface area contributed by atoms with E-state index in [1.54, 1.807) is 24.3 Å². The van der Waals surface area contributed by atoms with Crippen LogP contribution in [0.1, 0.15) is 259 Å². The molecule has 0 saturated carbocycles. The van der Waals surface area contributed by atoms with Gasteiger partial charge in [-0.05, 0) is 144 Å². The minimum absolute atomic E-state index is 0.330. The van der Waals surface area contributed by atoms with E-state index in [1.807, 2.05) is 0 Å². The summed E-state index contributed by atoms with van der Waals surface area (Å²) in [7, 11) is 0. The molecule has 0 amide bonds. The summed E-state index contributed by atoms with van der Waals surface area (Å²) in [5, 5.41) is 7.71. The van der Waals surface area contributed by atoms with Gasteiger partial charge in [0.05, 0.1) is 24.3 Å². The zero-order valence-electron chi connectivity index (χ0n) is 46.4. The lowest BCUT2D eigenvalue weighted by Crippen LogP contribution is -2.11. The highest BCUT2D eigenvalue weighted by atomic mass is 35.5. The molecule has 0 saturated heterocycles. The van der Waals surface area contributed by atoms with E-state index in [-0.39, 0.29) is 11.9 Å². The smallest absolute Gasteiger partial charge is 0.338 e. The fourth-order valence-corrected chi connectivity index (χ4v) is 8.75. The van der Waals surface area contributed by atoms with Gasteiger partial charge in [-0.25, -0.2) is 9.59 Å². The molecule has 0 radical (unpaired) electrons. The molecule has 402 valence electrons. The van der Waals surface area contributed by atoms with Crippen LogP contribution >= 0.6 is 23.2 Å². The van der Waals surface area contributed by atoms with E-state index in [4.69, 9.17) is 37.8 Å². The molecule has 2 aromatic rings. The van der Waals surface area contributed by atoms with Crippen molar-refractivity contribution in [1.29, 1.82) is 0 Å². The zero-order valence-corrected chi connectivity index (χ0v) is 48.0. The quantitative estimate of drug-likeness (QED) is 0.0535. The number of halogens is 2. The van der Waals surface area contributed by atoms with E-state index < -0.39 is 10.5 Å². The van der Waals surface area contributed by atoms with Crippen LogP contribution in [0, 0.1) is 53.3 Å². The molecule has 0 aliphatic carbocycles. The number of hydrogen-bond acceptors (Lipinski definition) is 7. The van der Waals surface area contributed by atoms with Gasteiger partial charge in [-0.15, -0.1) is 0 Å². The summed E-state index contributed by atoms with van der Waals surface area (Å²) in [6.45, 7) is 28.9. The van der Waals surface area contributed by atoms with Gasteiger partial charge < -0.3 is 14.6 Å². The van der Waals surface area contributed by atoms with Crippen molar-refractivity contribution in [1.82, 2.24) is 0 Å². The van der Waals surface area contributed by atoms with Gasteiger partial charge in [0, 0.05) is 17.7 Å². The third kappa shape index (κ3) is 38.0. The minimum atomic E-state index is -0.552. The van der Waals surface area contributed by atoms with Gasteiger partial charge in [0.25, 0.3) is 10.5 Å². The predicted molar refractivity (Wildman–Crippen MR) is 297 cm³/mol. The van der Waals surface area contributed by atoms with Crippen molar-refractivity contribution < 1.29 is 33.8 Å². The van der Waals surface area contributed by atoms with Crippen LogP contribution in [0.4, 0.5) is 0 Å². The Bertz CT molecular complexity index is 1520. The van der Waals surface area contributed by atoms with E-state index >= 15 is 0 Å². The summed E-state index contributed by atoms with van der Waals surface area (Å²) in [5.41, 5.74) is 1.64. The van der Waals surface area contributed by atoms with Crippen LogP contribution in [0.15, 0.2) is 48.5 Å². The van der Waals surface area contributed by atoms with Crippen molar-refractivity contribution in [3.05, 3.63) is 70.8 Å². The number of carbonyl (C=O) groups excluding carboxylic acids is 4. The first kappa shape index (κ1) is 67.3. The van der Waals surface area contributed by atoms with Crippen LogP contribution in [0.3, 0.4) is 0 Å². The molecule has 2 rings (SSSR count). The van der Waals surface area contributed by atoms with Crippen molar-refractivity contribution in [2.45, 2.75) is 218 Å². The number of esters is 2. The number of hydrogen-bond donors (Lipinski definition) is 1. The van der Waals surface area contributed by atoms with Gasteiger partial charge in [0.15, 0.2) is 0 Å². The molecule has 0 fully saturated rings. The summed E-state index contributed by atoms with van der Waals surface area (Å²) in [6, 6.07) is 12.4. The molecule has 0 bridgehead atoms. The highest BCUT2D eigenvalue weighted by Crippen LogP contribution is 2.23. The number of carbonyl (C=O) groups is 4. The lowest BCUT2D eigenvalue weighted by Gasteiger charge is -2.15. The average molecular weight is 1020 g/mol. The van der Waals surface area contributed by atoms with E-state index in [2.05, 4.69) is 83.1 Å². The summed E-state index contributed by atoms with van der Waals surface area (Å²) < 4.78 is 11.0. The lowest BCUT2D eigenvalue weighted by molar-refractivity contribution is 0.0468. The fraction of sp³-hybridized carbons (Fsp3) is 0.738. The van der Waals surface area contributed by atoms with Crippen LogP contribution in [0.25, 0.3) is 0 Å². The van der Waals surface area contributed by atoms with E-state index in [9.17, 15) is 19.2 Å². The number of ether oxygens (including phenoxy) is 2. The van der Waals surface area contributed by atoms with Gasteiger partial charge >= 0.3 is 11.9 Å². The standard InChI is InChI=1S/C38H66O4.C15H32O.C8H4Cl2O2/c1-29(2)13-9-15-31(5)17-11-19-33(7)25-27-41-37(39)35-21-23-36(24-22-35)38(40)42-28-26-34(8)20-12-18-32(6)16-10-14-30(3)4;1-13(2)7-5-8-14(3)9-6-10-15(4)11-12-16;9-7(11)5-1-2-6(4-3-5)8(10)12/h21-24,29-34H,9-20,25-28H2,1-8H3;13-16H,5-12H2,1-4H3;1-4H. The fourth-order valence-electron chi connectivity index (χ4n) is 8.50. The Kier molecular flexibility index (Phi) is 40.1. The van der Waals surface area contributed by atoms with Gasteiger partial charge in [0.1, 0.15) is 0 Å². The topological polar surface area (TPSA) is 107 Å². The maximum atomic E-state index is 12.5. The molecule has 2 aromatic carbocycles. The number of aliphatic hydroxyl groups excluding tert-OH is 1. The van der Waals surface area contributed by atoms with E-state index in [1.165, 1.54) is 140 Å². The first-order chi connectivity index (χ1) is 33.1. The Morgan fingerprint density at radius 1 is 0.357 bits per heavy atom. The van der Waals surface area contributed by atoms with E-state index in [0.29, 0.717) is 59.8 Å². The molecular formula is C61H102Cl2O7. The van der Waals surface area contributed by atoms with Crippen molar-refractivity contribution in [3.63, 3.8) is 0 Å². The van der Waals surface area contributed by atoms with Crippen LogP contribution in [0.5, 0.6) is 0 Å². The van der Waals surface area contributed by atoms with Crippen molar-refractivity contribution in [2.75, 3.05) is 19.8 Å². The molecule has 1 N–H and O–H groups in total. The van der Waals surface area contributed by atoms with Gasteiger partial charge in [-0.1, -0.05) is 199 Å². The van der Waals surface area contributed by atoms with Crippen LogP contribution in [0.2, 0.25) is 0 Å². The Labute approximate surface area is 439 Å². The Balaban J connectivity index is 0.00000137. The van der Waals surface area contributed by atoms with Crippen molar-refractivity contribution in [2.24, 2.45) is 53.3 Å². The largest absolute Gasteiger partial charge is 0.462 e. The van der Waals surface area contributed by atoms with Crippen molar-refractivity contribution >= 4 is 45.6 Å². The first-order valence-corrected chi connectivity index (χ1v) is 28.4. The second-order valence-electron chi connectivity index (χ2n) is 22.5. The third-order valence-corrected chi connectivity index (χ3v) is 14.1. The Hall–Kier alpha value is -2.74. The van der Waals surface area contributed by atoms with Gasteiger partial charge in [0.2, 0.25) is 0 Å². The molecule has 0 aliphatic rings. The summed E-state index contributed by atoms with van der Waals surface area (Å²) >= 11 is 10.4. The van der Waals surface area contributed by atoms with Gasteiger partial charge in [-0.2, -0.15) is 0 Å². The SMILES string of the molecule is CC(C)CCCC(C)CCCC(C)CCO.CC(C)CCCC(C)CCCC(C)CCOC(=O)c1ccc(C(=O)OCCC(C)CCCC(C)CCCC(C)C)cc1.O=C(Cl)c1ccc(C(=O)Cl)cc1. The van der Waals surface area contributed by atoms with Crippen LogP contribution in [-0.2, 0) is 9.47 Å². The zero-order chi connectivity index (χ0) is 52.9. The predicted octanol–water partition coefficient (Wildman–Crippen LogP) is 18.4. The molecule has 6 unspecified atom stereocenters. The molecule has 7 nitrogen and oxygen atoms in total. The Morgan fingerprint density at radius 3 is 0.800 bits per heavy atom. The monoisotopic (exact) mass is 1020 g/mol. The van der Waals surface area contributed by atoms with Crippen LogP contribution in [-0.4, -0.2) is 47.4 Å². The summed E-state index contributed by atoms with van der Waals surface area (Å²) in [5.74, 6) is 6.08. The molecule has 9 heteroatoms. The number of benzene rings is 2. The molecule has 0 aliphatic heterocycles.